The summed E-state index contributed by atoms with van der Waals surface area (Å²) in [6.45, 7) is 2.39. The fraction of sp³-hybridized carbons (Fsp3) is 0.440. The first kappa shape index (κ1) is 22.7. The molecule has 0 radical (unpaired) electrons. The van der Waals surface area contributed by atoms with E-state index in [4.69, 9.17) is 0 Å². The third-order valence-electron chi connectivity index (χ3n) is 6.74. The Morgan fingerprint density at radius 3 is 2.22 bits per heavy atom. The highest BCUT2D eigenvalue weighted by Gasteiger charge is 2.35. The molecule has 1 N–H and O–H groups in total. The lowest BCUT2D eigenvalue weighted by Crippen LogP contribution is -2.49. The zero-order valence-corrected chi connectivity index (χ0v) is 19.2. The van der Waals surface area contributed by atoms with Gasteiger partial charge in [0.05, 0.1) is 4.90 Å². The number of nitrogens with zero attached hydrogens (tertiary/aromatic N) is 1. The number of Topliss-reactive ketones (excluding diaryl/α,β-unsaturated/α-hetero) is 1. The molecule has 0 aromatic heterocycles. The number of ketones is 1. The molecule has 2 aliphatic rings. The first-order valence-corrected chi connectivity index (χ1v) is 12.8. The van der Waals surface area contributed by atoms with E-state index < -0.39 is 10.0 Å². The van der Waals surface area contributed by atoms with Gasteiger partial charge < -0.3 is 4.90 Å². The largest absolute Gasteiger partial charge is 0.335 e. The Morgan fingerprint density at radius 2 is 1.53 bits per heavy atom. The minimum Gasteiger partial charge on any atom is -0.335 e. The van der Waals surface area contributed by atoms with Crippen LogP contribution in [-0.2, 0) is 16.6 Å². The summed E-state index contributed by atoms with van der Waals surface area (Å²) in [6.07, 6.45) is 7.09. The molecule has 32 heavy (non-hydrogen) atoms. The molecule has 1 heterocycles. The second kappa shape index (κ2) is 9.55. The van der Waals surface area contributed by atoms with Crippen molar-refractivity contribution in [2.45, 2.75) is 62.9 Å². The van der Waals surface area contributed by atoms with Gasteiger partial charge in [-0.05, 0) is 68.4 Å². The van der Waals surface area contributed by atoms with Gasteiger partial charge in [0.2, 0.25) is 10.0 Å². The Hall–Kier alpha value is -2.51. The van der Waals surface area contributed by atoms with Crippen molar-refractivity contribution < 1.29 is 18.0 Å². The van der Waals surface area contributed by atoms with Gasteiger partial charge in [0.1, 0.15) is 0 Å². The van der Waals surface area contributed by atoms with Gasteiger partial charge in [-0.1, -0.05) is 37.1 Å². The topological polar surface area (TPSA) is 83.5 Å². The Labute approximate surface area is 190 Å². The molecule has 7 heteroatoms. The van der Waals surface area contributed by atoms with Crippen LogP contribution in [0.5, 0.6) is 0 Å². The van der Waals surface area contributed by atoms with E-state index in [1.54, 1.807) is 24.3 Å². The summed E-state index contributed by atoms with van der Waals surface area (Å²) in [6, 6.07) is 13.4. The lowest BCUT2D eigenvalue weighted by molar-refractivity contribution is 0.0390. The molecule has 1 saturated carbocycles. The first-order valence-electron chi connectivity index (χ1n) is 11.4. The quantitative estimate of drug-likeness (QED) is 0.664. The number of hydrogen-bond donors (Lipinski definition) is 1. The number of sulfonamides is 1. The highest BCUT2D eigenvalue weighted by molar-refractivity contribution is 7.89. The van der Waals surface area contributed by atoms with E-state index in [9.17, 15) is 18.0 Å². The maximum absolute atomic E-state index is 13.1. The van der Waals surface area contributed by atoms with Crippen LogP contribution in [0.25, 0.3) is 0 Å². The molecule has 2 unspecified atom stereocenters. The Kier molecular flexibility index (Phi) is 6.76. The molecule has 2 aromatic carbocycles. The van der Waals surface area contributed by atoms with Crippen LogP contribution in [0.1, 0.15) is 71.7 Å². The maximum atomic E-state index is 13.1. The highest BCUT2D eigenvalue weighted by Crippen LogP contribution is 2.35. The van der Waals surface area contributed by atoms with Gasteiger partial charge in [0.15, 0.2) is 5.78 Å². The van der Waals surface area contributed by atoms with E-state index in [1.807, 2.05) is 0 Å². The minimum atomic E-state index is -3.69. The lowest BCUT2D eigenvalue weighted by atomic mass is 9.78. The summed E-state index contributed by atoms with van der Waals surface area (Å²) >= 11 is 0. The normalized spacial score (nSPS) is 21.1. The first-order chi connectivity index (χ1) is 15.3. The van der Waals surface area contributed by atoms with Crippen molar-refractivity contribution in [3.05, 3.63) is 65.2 Å². The number of likely N-dealkylation sites (tertiary alicyclic amines) is 1. The third kappa shape index (κ3) is 4.94. The number of carbonyl (C=O) groups is 2. The third-order valence-corrected chi connectivity index (χ3v) is 8.16. The van der Waals surface area contributed by atoms with Crippen LogP contribution < -0.4 is 4.72 Å². The van der Waals surface area contributed by atoms with Gasteiger partial charge >= 0.3 is 0 Å². The van der Waals surface area contributed by atoms with Crippen molar-refractivity contribution in [3.8, 4) is 0 Å². The molecule has 1 saturated heterocycles. The summed E-state index contributed by atoms with van der Waals surface area (Å²) in [4.78, 5) is 26.7. The van der Waals surface area contributed by atoms with E-state index in [0.29, 0.717) is 23.1 Å². The van der Waals surface area contributed by atoms with Gasteiger partial charge in [0.25, 0.3) is 5.91 Å². The molecular formula is C25H30N2O4S. The molecular weight excluding hydrogens is 424 g/mol. The Balaban J connectivity index is 1.39. The molecule has 2 aromatic rings. The van der Waals surface area contributed by atoms with Gasteiger partial charge in [-0.15, -0.1) is 0 Å². The van der Waals surface area contributed by atoms with E-state index in [1.165, 1.54) is 56.9 Å². The Morgan fingerprint density at radius 1 is 0.906 bits per heavy atom. The number of rotatable bonds is 6. The number of fused-ring (bicyclic) bond motifs is 1. The summed E-state index contributed by atoms with van der Waals surface area (Å²) in [5.74, 6) is 0.610. The zero-order valence-electron chi connectivity index (χ0n) is 18.4. The second-order valence-electron chi connectivity index (χ2n) is 8.85. The number of carbonyl (C=O) groups excluding carboxylic acids is 2. The molecule has 1 amide bonds. The van der Waals surface area contributed by atoms with Crippen molar-refractivity contribution >= 4 is 21.7 Å². The van der Waals surface area contributed by atoms with Crippen LogP contribution in [-0.4, -0.2) is 37.6 Å². The van der Waals surface area contributed by atoms with Crippen LogP contribution in [0.15, 0.2) is 53.4 Å². The number of benzene rings is 2. The van der Waals surface area contributed by atoms with Gasteiger partial charge in [-0.2, -0.15) is 0 Å². The van der Waals surface area contributed by atoms with E-state index in [2.05, 4.69) is 9.62 Å². The van der Waals surface area contributed by atoms with Crippen LogP contribution in [0.4, 0.5) is 0 Å². The van der Waals surface area contributed by atoms with Crippen molar-refractivity contribution in [2.75, 3.05) is 6.54 Å². The fourth-order valence-electron chi connectivity index (χ4n) is 4.94. The van der Waals surface area contributed by atoms with E-state index in [0.717, 1.165) is 24.9 Å². The van der Waals surface area contributed by atoms with Crippen molar-refractivity contribution in [1.82, 2.24) is 9.62 Å². The van der Waals surface area contributed by atoms with E-state index >= 15 is 0 Å². The summed E-state index contributed by atoms with van der Waals surface area (Å²) in [5, 5.41) is 0. The maximum Gasteiger partial charge on any atom is 0.254 e. The summed E-state index contributed by atoms with van der Waals surface area (Å²) in [7, 11) is -3.69. The van der Waals surface area contributed by atoms with Crippen molar-refractivity contribution in [1.29, 1.82) is 0 Å². The number of nitrogens with one attached hydrogen (secondary N) is 1. The molecule has 1 aliphatic heterocycles. The van der Waals surface area contributed by atoms with Crippen molar-refractivity contribution in [3.63, 3.8) is 0 Å². The fourth-order valence-corrected chi connectivity index (χ4v) is 5.96. The van der Waals surface area contributed by atoms with Gasteiger partial charge in [0, 0.05) is 30.3 Å². The molecule has 0 bridgehead atoms. The number of amides is 1. The monoisotopic (exact) mass is 454 g/mol. The number of piperidine rings is 1. The van der Waals surface area contributed by atoms with Crippen LogP contribution in [0.2, 0.25) is 0 Å². The summed E-state index contributed by atoms with van der Waals surface area (Å²) in [5.41, 5.74) is 1.90. The highest BCUT2D eigenvalue weighted by atomic mass is 32.2. The van der Waals surface area contributed by atoms with Gasteiger partial charge in [-0.3, -0.25) is 9.59 Å². The molecule has 170 valence electrons. The van der Waals surface area contributed by atoms with Crippen LogP contribution in [0, 0.1) is 5.92 Å². The standard InChI is InChI=1S/C25H30N2O4S/c1-18(28)20-12-14-23(15-13-20)32(30,31)26-17-19-8-10-22(11-9-19)25(29)27-16-4-6-21-5-2-3-7-24(21)27/h8-15,21,24,26H,2-7,16-17H2,1H3. The van der Waals surface area contributed by atoms with Crippen LogP contribution >= 0.6 is 0 Å². The molecule has 0 spiro atoms. The average Bonchev–Trinajstić information content (AvgIpc) is 2.82. The summed E-state index contributed by atoms with van der Waals surface area (Å²) < 4.78 is 27.7. The predicted molar refractivity (Wildman–Crippen MR) is 123 cm³/mol. The molecule has 2 atom stereocenters. The van der Waals surface area contributed by atoms with Crippen LogP contribution in [0.3, 0.4) is 0 Å². The lowest BCUT2D eigenvalue weighted by Gasteiger charge is -2.44. The zero-order chi connectivity index (χ0) is 22.7. The molecule has 2 fully saturated rings. The van der Waals surface area contributed by atoms with Gasteiger partial charge in [-0.25, -0.2) is 13.1 Å². The smallest absolute Gasteiger partial charge is 0.254 e. The molecule has 1 aliphatic carbocycles. The van der Waals surface area contributed by atoms with Crippen molar-refractivity contribution in [2.24, 2.45) is 5.92 Å². The number of hydrogen-bond acceptors (Lipinski definition) is 4. The average molecular weight is 455 g/mol. The minimum absolute atomic E-state index is 0.0827. The second-order valence-corrected chi connectivity index (χ2v) is 10.6. The molecule has 6 nitrogen and oxygen atoms in total. The molecule has 4 rings (SSSR count). The predicted octanol–water partition coefficient (Wildman–Crippen LogP) is 4.16. The van der Waals surface area contributed by atoms with E-state index in [-0.39, 0.29) is 23.1 Å². The SMILES string of the molecule is CC(=O)c1ccc(S(=O)(=O)NCc2ccc(C(=O)N3CCCC4CCCCC43)cc2)cc1. The Bertz CT molecular complexity index is 1080.